The molecule has 4 rings (SSSR count). The van der Waals surface area contributed by atoms with Gasteiger partial charge in [-0.05, 0) is 54.2 Å². The number of anilines is 2. The SMILES string of the molecule is CNc1cc(-c2ccccc2)ccc1CCC[C@H](Nc1ccccc1C(=O)c1ccccc1)C(=O)O. The van der Waals surface area contributed by atoms with E-state index in [2.05, 4.69) is 41.0 Å². The molecular weight excluding hydrogens is 448 g/mol. The fourth-order valence-electron chi connectivity index (χ4n) is 4.33. The Hall–Kier alpha value is -4.38. The van der Waals surface area contributed by atoms with E-state index in [1.165, 1.54) is 0 Å². The number of carboxylic acids is 1. The van der Waals surface area contributed by atoms with Gasteiger partial charge in [0.1, 0.15) is 6.04 Å². The summed E-state index contributed by atoms with van der Waals surface area (Å²) in [6.07, 6.45) is 1.84. The number of aryl methyl sites for hydroxylation is 1. The summed E-state index contributed by atoms with van der Waals surface area (Å²) < 4.78 is 0. The zero-order valence-electron chi connectivity index (χ0n) is 20.3. The zero-order chi connectivity index (χ0) is 25.3. The van der Waals surface area contributed by atoms with Gasteiger partial charge in [-0.25, -0.2) is 4.79 Å². The van der Waals surface area contributed by atoms with Crippen molar-refractivity contribution in [3.8, 4) is 11.1 Å². The summed E-state index contributed by atoms with van der Waals surface area (Å²) in [6.45, 7) is 0. The highest BCUT2D eigenvalue weighted by Gasteiger charge is 2.21. The summed E-state index contributed by atoms with van der Waals surface area (Å²) >= 11 is 0. The van der Waals surface area contributed by atoms with Crippen LogP contribution < -0.4 is 10.6 Å². The Morgan fingerprint density at radius 1 is 0.778 bits per heavy atom. The maximum atomic E-state index is 13.0. The predicted molar refractivity (Wildman–Crippen MR) is 146 cm³/mol. The van der Waals surface area contributed by atoms with Crippen LogP contribution >= 0.6 is 0 Å². The van der Waals surface area contributed by atoms with Crippen LogP contribution in [0.2, 0.25) is 0 Å². The third-order valence-corrected chi connectivity index (χ3v) is 6.26. The van der Waals surface area contributed by atoms with Gasteiger partial charge in [0, 0.05) is 29.5 Å². The molecule has 0 aliphatic heterocycles. The van der Waals surface area contributed by atoms with Crippen LogP contribution in [-0.4, -0.2) is 29.9 Å². The quantitative estimate of drug-likeness (QED) is 0.214. The molecule has 0 saturated heterocycles. The number of hydrogen-bond donors (Lipinski definition) is 3. The highest BCUT2D eigenvalue weighted by atomic mass is 16.4. The lowest BCUT2D eigenvalue weighted by molar-refractivity contribution is -0.138. The van der Waals surface area contributed by atoms with Crippen molar-refractivity contribution >= 4 is 23.1 Å². The first-order valence-electron chi connectivity index (χ1n) is 12.1. The van der Waals surface area contributed by atoms with Crippen molar-refractivity contribution in [2.45, 2.75) is 25.3 Å². The third-order valence-electron chi connectivity index (χ3n) is 6.26. The molecule has 4 aromatic carbocycles. The standard InChI is InChI=1S/C31H30N2O3/c1-32-29-21-25(22-11-4-2-5-12-22)20-19-23(29)15-10-18-28(31(35)36)33-27-17-9-8-16-26(27)30(34)24-13-6-3-7-14-24/h2-9,11-14,16-17,19-21,28,32-33H,10,15,18H2,1H3,(H,35,36)/t28-/m0/s1. The second kappa shape index (κ2) is 11.8. The minimum absolute atomic E-state index is 0.139. The number of carbonyl (C=O) groups is 2. The third kappa shape index (κ3) is 5.99. The Labute approximate surface area is 211 Å². The minimum Gasteiger partial charge on any atom is -0.480 e. The van der Waals surface area contributed by atoms with Gasteiger partial charge in [0.2, 0.25) is 0 Å². The average Bonchev–Trinajstić information content (AvgIpc) is 2.93. The lowest BCUT2D eigenvalue weighted by atomic mass is 9.98. The number of rotatable bonds is 11. The van der Waals surface area contributed by atoms with Gasteiger partial charge >= 0.3 is 5.97 Å². The van der Waals surface area contributed by atoms with Crippen LogP contribution in [0.5, 0.6) is 0 Å². The first-order valence-corrected chi connectivity index (χ1v) is 12.1. The van der Waals surface area contributed by atoms with Crippen molar-refractivity contribution in [2.75, 3.05) is 17.7 Å². The van der Waals surface area contributed by atoms with Crippen molar-refractivity contribution in [3.05, 3.63) is 120 Å². The lowest BCUT2D eigenvalue weighted by Gasteiger charge is -2.19. The van der Waals surface area contributed by atoms with E-state index >= 15 is 0 Å². The number of carbonyl (C=O) groups excluding carboxylic acids is 1. The Morgan fingerprint density at radius 2 is 1.44 bits per heavy atom. The van der Waals surface area contributed by atoms with Crippen molar-refractivity contribution in [1.29, 1.82) is 0 Å². The molecule has 5 nitrogen and oxygen atoms in total. The first-order chi connectivity index (χ1) is 17.6. The molecule has 0 bridgehead atoms. The van der Waals surface area contributed by atoms with Crippen LogP contribution in [0.3, 0.4) is 0 Å². The van der Waals surface area contributed by atoms with Gasteiger partial charge in [-0.15, -0.1) is 0 Å². The van der Waals surface area contributed by atoms with Gasteiger partial charge in [0.25, 0.3) is 0 Å². The smallest absolute Gasteiger partial charge is 0.326 e. The molecule has 0 aliphatic carbocycles. The highest BCUT2D eigenvalue weighted by molar-refractivity contribution is 6.12. The fourth-order valence-corrected chi connectivity index (χ4v) is 4.33. The van der Waals surface area contributed by atoms with Crippen LogP contribution in [0.15, 0.2) is 103 Å². The monoisotopic (exact) mass is 478 g/mol. The second-order valence-corrected chi connectivity index (χ2v) is 8.66. The maximum Gasteiger partial charge on any atom is 0.326 e. The summed E-state index contributed by atoms with van der Waals surface area (Å²) in [5.74, 6) is -1.08. The Morgan fingerprint density at radius 3 is 2.14 bits per heavy atom. The summed E-state index contributed by atoms with van der Waals surface area (Å²) in [5, 5.41) is 16.3. The van der Waals surface area contributed by atoms with E-state index in [0.29, 0.717) is 29.7 Å². The van der Waals surface area contributed by atoms with E-state index in [9.17, 15) is 14.7 Å². The van der Waals surface area contributed by atoms with Crippen molar-refractivity contribution < 1.29 is 14.7 Å². The molecule has 0 aromatic heterocycles. The molecule has 0 heterocycles. The molecule has 3 N–H and O–H groups in total. The van der Waals surface area contributed by atoms with E-state index in [4.69, 9.17) is 0 Å². The molecule has 0 aliphatic rings. The number of aliphatic carboxylic acids is 1. The molecule has 0 radical (unpaired) electrons. The number of hydrogen-bond acceptors (Lipinski definition) is 4. The molecule has 0 amide bonds. The molecular formula is C31H30N2O3. The van der Waals surface area contributed by atoms with Gasteiger partial charge in [0.15, 0.2) is 5.78 Å². The first kappa shape index (κ1) is 24.7. The fraction of sp³-hybridized carbons (Fsp3) is 0.161. The summed E-state index contributed by atoms with van der Waals surface area (Å²) in [4.78, 5) is 25.1. The Bertz CT molecular complexity index is 1320. The summed E-state index contributed by atoms with van der Waals surface area (Å²) in [6, 6.07) is 31.8. The zero-order valence-corrected chi connectivity index (χ0v) is 20.3. The summed E-state index contributed by atoms with van der Waals surface area (Å²) in [7, 11) is 1.90. The van der Waals surface area contributed by atoms with Crippen LogP contribution in [0.1, 0.15) is 34.3 Å². The molecule has 0 unspecified atom stereocenters. The molecule has 5 heteroatoms. The molecule has 0 fully saturated rings. The van der Waals surface area contributed by atoms with Gasteiger partial charge in [-0.2, -0.15) is 0 Å². The average molecular weight is 479 g/mol. The van der Waals surface area contributed by atoms with Crippen molar-refractivity contribution in [2.24, 2.45) is 0 Å². The number of nitrogens with one attached hydrogen (secondary N) is 2. The molecule has 36 heavy (non-hydrogen) atoms. The van der Waals surface area contributed by atoms with E-state index < -0.39 is 12.0 Å². The number of ketones is 1. The Kier molecular flexibility index (Phi) is 8.14. The van der Waals surface area contributed by atoms with Gasteiger partial charge in [-0.3, -0.25) is 4.79 Å². The molecule has 4 aromatic rings. The van der Waals surface area contributed by atoms with E-state index in [1.54, 1.807) is 36.4 Å². The van der Waals surface area contributed by atoms with Gasteiger partial charge < -0.3 is 15.7 Å². The van der Waals surface area contributed by atoms with E-state index in [0.717, 1.165) is 28.8 Å². The van der Waals surface area contributed by atoms with E-state index in [-0.39, 0.29) is 5.78 Å². The number of benzene rings is 4. The maximum absolute atomic E-state index is 13.0. The summed E-state index contributed by atoms with van der Waals surface area (Å²) in [5.41, 5.74) is 6.02. The number of carboxylic acid groups (broad SMARTS) is 1. The molecule has 0 saturated carbocycles. The van der Waals surface area contributed by atoms with Crippen molar-refractivity contribution in [1.82, 2.24) is 0 Å². The van der Waals surface area contributed by atoms with Crippen molar-refractivity contribution in [3.63, 3.8) is 0 Å². The molecule has 0 spiro atoms. The topological polar surface area (TPSA) is 78.4 Å². The van der Waals surface area contributed by atoms with Crippen LogP contribution in [0, 0.1) is 0 Å². The van der Waals surface area contributed by atoms with Gasteiger partial charge in [-0.1, -0.05) is 84.9 Å². The highest BCUT2D eigenvalue weighted by Crippen LogP contribution is 2.27. The van der Waals surface area contributed by atoms with Gasteiger partial charge in [0.05, 0.1) is 0 Å². The minimum atomic E-state index is -0.940. The van der Waals surface area contributed by atoms with E-state index in [1.807, 2.05) is 43.4 Å². The molecule has 182 valence electrons. The Balaban J connectivity index is 1.44. The largest absolute Gasteiger partial charge is 0.480 e. The second-order valence-electron chi connectivity index (χ2n) is 8.66. The number of para-hydroxylation sites is 1. The van der Waals surface area contributed by atoms with Crippen LogP contribution in [0.4, 0.5) is 11.4 Å². The predicted octanol–water partition coefficient (Wildman–Crippen LogP) is 6.51. The van der Waals surface area contributed by atoms with Crippen LogP contribution in [-0.2, 0) is 11.2 Å². The lowest BCUT2D eigenvalue weighted by Crippen LogP contribution is -2.30. The van der Waals surface area contributed by atoms with Crippen LogP contribution in [0.25, 0.3) is 11.1 Å². The normalized spacial score (nSPS) is 11.5. The molecule has 1 atom stereocenters.